The molecule has 1 heterocycles. The zero-order valence-electron chi connectivity index (χ0n) is 11.9. The van der Waals surface area contributed by atoms with Crippen molar-refractivity contribution in [3.05, 3.63) is 45.7 Å². The summed E-state index contributed by atoms with van der Waals surface area (Å²) in [7, 11) is 1.78. The molecule has 1 aromatic carbocycles. The van der Waals surface area contributed by atoms with Crippen LogP contribution in [0.15, 0.2) is 28.9 Å². The van der Waals surface area contributed by atoms with Crippen LogP contribution in [0.25, 0.3) is 0 Å². The van der Waals surface area contributed by atoms with Crippen molar-refractivity contribution >= 4 is 21.8 Å². The molecule has 1 amide bonds. The van der Waals surface area contributed by atoms with Crippen molar-refractivity contribution in [2.24, 2.45) is 7.05 Å². The molecular weight excluding hydrogens is 360 g/mol. The zero-order chi connectivity index (χ0) is 16.3. The van der Waals surface area contributed by atoms with Crippen molar-refractivity contribution in [1.29, 1.82) is 0 Å². The lowest BCUT2D eigenvalue weighted by atomic mass is 10.2. The highest BCUT2D eigenvalue weighted by Gasteiger charge is 2.16. The van der Waals surface area contributed by atoms with Gasteiger partial charge in [-0.1, -0.05) is 15.9 Å². The first-order valence-electron chi connectivity index (χ1n) is 6.38. The molecule has 2 aromatic rings. The summed E-state index contributed by atoms with van der Waals surface area (Å²) >= 11 is 3.21. The number of carbonyl (C=O) groups is 1. The van der Waals surface area contributed by atoms with Gasteiger partial charge in [0.1, 0.15) is 5.75 Å². The molecule has 22 heavy (non-hydrogen) atoms. The number of halogens is 3. The number of ether oxygens (including phenoxy) is 1. The van der Waals surface area contributed by atoms with E-state index in [2.05, 4.69) is 31.1 Å². The highest BCUT2D eigenvalue weighted by Crippen LogP contribution is 2.25. The molecule has 0 fully saturated rings. The number of rotatable bonds is 5. The summed E-state index contributed by atoms with van der Waals surface area (Å²) in [6, 6.07) is 4.28. The Labute approximate surface area is 134 Å². The number of nitrogens with zero attached hydrogens (tertiary/aromatic N) is 2. The maximum absolute atomic E-state index is 12.4. The lowest BCUT2D eigenvalue weighted by Gasteiger charge is -2.11. The fraction of sp³-hybridized carbons (Fsp3) is 0.286. The first-order valence-corrected chi connectivity index (χ1v) is 7.18. The van der Waals surface area contributed by atoms with Gasteiger partial charge in [-0.25, -0.2) is 0 Å². The van der Waals surface area contributed by atoms with Crippen LogP contribution < -0.4 is 10.1 Å². The Bertz CT molecular complexity index is 689. The van der Waals surface area contributed by atoms with E-state index < -0.39 is 12.5 Å². The molecule has 2 rings (SSSR count). The predicted octanol–water partition coefficient (Wildman–Crippen LogP) is 3.02. The molecule has 8 heteroatoms. The molecule has 5 nitrogen and oxygen atoms in total. The van der Waals surface area contributed by atoms with Crippen molar-refractivity contribution in [3.63, 3.8) is 0 Å². The number of nitrogens with one attached hydrogen (secondary N) is 1. The minimum atomic E-state index is -2.99. The van der Waals surface area contributed by atoms with Gasteiger partial charge in [0.2, 0.25) is 0 Å². The summed E-state index contributed by atoms with van der Waals surface area (Å²) in [5.41, 5.74) is 1.68. The van der Waals surface area contributed by atoms with Crippen molar-refractivity contribution in [1.82, 2.24) is 15.1 Å². The van der Waals surface area contributed by atoms with Gasteiger partial charge in [-0.2, -0.15) is 13.9 Å². The van der Waals surface area contributed by atoms with Crippen LogP contribution in [-0.2, 0) is 13.6 Å². The van der Waals surface area contributed by atoms with Crippen LogP contribution in [0.1, 0.15) is 21.6 Å². The Hall–Kier alpha value is -1.96. The topological polar surface area (TPSA) is 56.2 Å². The van der Waals surface area contributed by atoms with Crippen LogP contribution in [0.2, 0.25) is 0 Å². The molecule has 1 N–H and O–H groups in total. The van der Waals surface area contributed by atoms with E-state index in [1.165, 1.54) is 18.2 Å². The van der Waals surface area contributed by atoms with Crippen LogP contribution in [0, 0.1) is 6.92 Å². The summed E-state index contributed by atoms with van der Waals surface area (Å²) in [5, 5.41) is 6.84. The number of amides is 1. The Morgan fingerprint density at radius 2 is 2.23 bits per heavy atom. The summed E-state index contributed by atoms with van der Waals surface area (Å²) in [6.07, 6.45) is 1.78. The smallest absolute Gasteiger partial charge is 0.387 e. The van der Waals surface area contributed by atoms with Gasteiger partial charge < -0.3 is 10.1 Å². The molecule has 0 aliphatic heterocycles. The Kier molecular flexibility index (Phi) is 5.12. The maximum Gasteiger partial charge on any atom is 0.387 e. The van der Waals surface area contributed by atoms with Crippen molar-refractivity contribution in [3.8, 4) is 5.75 Å². The summed E-state index contributed by atoms with van der Waals surface area (Å²) < 4.78 is 31.4. The van der Waals surface area contributed by atoms with Gasteiger partial charge in [-0.15, -0.1) is 0 Å². The second kappa shape index (κ2) is 6.87. The zero-order valence-corrected chi connectivity index (χ0v) is 13.5. The standard InChI is InChI=1S/C14H14BrF2N3O2/c1-8-9(7-20(2)19-8)6-18-13(21)11-5-10(15)3-4-12(11)22-14(16)17/h3-5,7,14H,6H2,1-2H3,(H,18,21). The Morgan fingerprint density at radius 1 is 1.50 bits per heavy atom. The molecule has 0 saturated carbocycles. The molecule has 0 unspecified atom stereocenters. The Morgan fingerprint density at radius 3 is 2.82 bits per heavy atom. The number of benzene rings is 1. The molecule has 0 aliphatic rings. The van der Waals surface area contributed by atoms with E-state index in [4.69, 9.17) is 0 Å². The average Bonchev–Trinajstić information content (AvgIpc) is 2.76. The molecule has 0 bridgehead atoms. The van der Waals surface area contributed by atoms with Crippen LogP contribution >= 0.6 is 15.9 Å². The quantitative estimate of drug-likeness (QED) is 0.876. The van der Waals surface area contributed by atoms with Gasteiger partial charge in [-0.3, -0.25) is 9.48 Å². The molecule has 0 aliphatic carbocycles. The molecule has 0 saturated heterocycles. The number of hydrogen-bond acceptors (Lipinski definition) is 3. The highest BCUT2D eigenvalue weighted by molar-refractivity contribution is 9.10. The third-order valence-electron chi connectivity index (χ3n) is 2.96. The molecule has 0 spiro atoms. The SMILES string of the molecule is Cc1nn(C)cc1CNC(=O)c1cc(Br)ccc1OC(F)F. The van der Waals surface area contributed by atoms with Crippen LogP contribution in [-0.4, -0.2) is 22.3 Å². The fourth-order valence-electron chi connectivity index (χ4n) is 1.97. The van der Waals surface area contributed by atoms with E-state index in [9.17, 15) is 13.6 Å². The monoisotopic (exact) mass is 373 g/mol. The number of aryl methyl sites for hydroxylation is 2. The largest absolute Gasteiger partial charge is 0.434 e. The van der Waals surface area contributed by atoms with Crippen LogP contribution in [0.5, 0.6) is 5.75 Å². The van der Waals surface area contributed by atoms with Gasteiger partial charge in [-0.05, 0) is 25.1 Å². The van der Waals surface area contributed by atoms with Gasteiger partial charge >= 0.3 is 6.61 Å². The van der Waals surface area contributed by atoms with Gasteiger partial charge in [0.15, 0.2) is 0 Å². The molecule has 118 valence electrons. The van der Waals surface area contributed by atoms with E-state index in [1.54, 1.807) is 17.9 Å². The minimum Gasteiger partial charge on any atom is -0.434 e. The van der Waals surface area contributed by atoms with Crippen LogP contribution in [0.4, 0.5) is 8.78 Å². The molecular formula is C14H14BrF2N3O2. The third kappa shape index (κ3) is 4.03. The van der Waals surface area contributed by atoms with E-state index in [1.807, 2.05) is 6.92 Å². The van der Waals surface area contributed by atoms with Crippen molar-refractivity contribution in [2.75, 3.05) is 0 Å². The van der Waals surface area contributed by atoms with E-state index >= 15 is 0 Å². The maximum atomic E-state index is 12.4. The number of alkyl halides is 2. The van der Waals surface area contributed by atoms with Gasteiger partial charge in [0.05, 0.1) is 11.3 Å². The van der Waals surface area contributed by atoms with E-state index in [0.717, 1.165) is 11.3 Å². The predicted molar refractivity (Wildman–Crippen MR) is 79.9 cm³/mol. The first-order chi connectivity index (χ1) is 10.4. The van der Waals surface area contributed by atoms with Gasteiger partial charge in [0, 0.05) is 29.8 Å². The number of aromatic nitrogens is 2. The molecule has 0 radical (unpaired) electrons. The van der Waals surface area contributed by atoms with Crippen molar-refractivity contribution < 1.29 is 18.3 Å². The summed E-state index contributed by atoms with van der Waals surface area (Å²) in [4.78, 5) is 12.2. The number of carbonyl (C=O) groups excluding carboxylic acids is 1. The minimum absolute atomic E-state index is 0.0382. The lowest BCUT2D eigenvalue weighted by Crippen LogP contribution is -2.24. The van der Waals surface area contributed by atoms with Gasteiger partial charge in [0.25, 0.3) is 5.91 Å². The fourth-order valence-corrected chi connectivity index (χ4v) is 2.33. The normalized spacial score (nSPS) is 10.8. The van der Waals surface area contributed by atoms with Crippen LogP contribution in [0.3, 0.4) is 0 Å². The molecule has 0 atom stereocenters. The third-order valence-corrected chi connectivity index (χ3v) is 3.45. The number of hydrogen-bond donors (Lipinski definition) is 1. The van der Waals surface area contributed by atoms with Crippen molar-refractivity contribution in [2.45, 2.75) is 20.1 Å². The summed E-state index contributed by atoms with van der Waals surface area (Å²) in [6.45, 7) is -0.918. The van der Waals surface area contributed by atoms with E-state index in [0.29, 0.717) is 4.47 Å². The van der Waals surface area contributed by atoms with E-state index in [-0.39, 0.29) is 17.9 Å². The highest BCUT2D eigenvalue weighted by atomic mass is 79.9. The summed E-state index contributed by atoms with van der Waals surface area (Å²) in [5.74, 6) is -0.668. The second-order valence-electron chi connectivity index (χ2n) is 4.62. The first kappa shape index (κ1) is 16.4. The molecule has 1 aromatic heterocycles. The average molecular weight is 374 g/mol. The lowest BCUT2D eigenvalue weighted by molar-refractivity contribution is -0.0501. The second-order valence-corrected chi connectivity index (χ2v) is 5.53. The Balaban J connectivity index is 2.14.